The van der Waals surface area contributed by atoms with Gasteiger partial charge in [0.2, 0.25) is 0 Å². The van der Waals surface area contributed by atoms with Crippen LogP contribution < -0.4 is 0 Å². The van der Waals surface area contributed by atoms with Gasteiger partial charge in [-0.15, -0.1) is 11.3 Å². The zero-order valence-corrected chi connectivity index (χ0v) is 11.2. The van der Waals surface area contributed by atoms with E-state index in [9.17, 15) is 5.11 Å². The Hall–Kier alpha value is -0.410. The summed E-state index contributed by atoms with van der Waals surface area (Å²) >= 11 is 1.79. The third-order valence-corrected chi connectivity index (χ3v) is 4.34. The highest BCUT2D eigenvalue weighted by molar-refractivity contribution is 7.09. The normalized spacial score (nSPS) is 27.0. The van der Waals surface area contributed by atoms with Crippen LogP contribution in [0.5, 0.6) is 0 Å². The molecule has 1 heterocycles. The van der Waals surface area contributed by atoms with Crippen molar-refractivity contribution in [2.45, 2.75) is 63.9 Å². The number of thiazole rings is 1. The molecule has 1 aromatic heterocycles. The van der Waals surface area contributed by atoms with Crippen molar-refractivity contribution in [3.8, 4) is 0 Å². The highest BCUT2D eigenvalue weighted by Crippen LogP contribution is 2.36. The first-order valence-electron chi connectivity index (χ1n) is 6.11. The van der Waals surface area contributed by atoms with E-state index in [1.807, 2.05) is 0 Å². The molecule has 1 aliphatic rings. The van der Waals surface area contributed by atoms with Gasteiger partial charge in [0.25, 0.3) is 0 Å². The third kappa shape index (κ3) is 2.64. The summed E-state index contributed by atoms with van der Waals surface area (Å²) in [5.74, 6) is 0.587. The van der Waals surface area contributed by atoms with Crippen LogP contribution in [0.4, 0.5) is 0 Å². The number of aliphatic hydroxyl groups excluding tert-OH is 1. The fourth-order valence-electron chi connectivity index (χ4n) is 2.14. The number of hydrogen-bond donors (Lipinski definition) is 1. The Bertz CT molecular complexity index is 345. The molecule has 1 aliphatic carbocycles. The summed E-state index contributed by atoms with van der Waals surface area (Å²) in [5.41, 5.74) is 1.36. The fraction of sp³-hybridized carbons (Fsp3) is 0.769. The average Bonchev–Trinajstić information content (AvgIpc) is 2.67. The van der Waals surface area contributed by atoms with Crippen LogP contribution in [0.3, 0.4) is 0 Å². The first-order valence-corrected chi connectivity index (χ1v) is 6.99. The second kappa shape index (κ2) is 4.46. The molecule has 0 aliphatic heterocycles. The summed E-state index contributed by atoms with van der Waals surface area (Å²) in [5, 5.41) is 13.0. The van der Waals surface area contributed by atoms with Crippen molar-refractivity contribution in [1.29, 1.82) is 0 Å². The molecule has 2 nitrogen and oxygen atoms in total. The molecular formula is C13H21NOS. The SMILES string of the molecule is CC(C)(C)c1csc(C2CCC(O)CC2)n1. The predicted molar refractivity (Wildman–Crippen MR) is 68.0 cm³/mol. The van der Waals surface area contributed by atoms with Crippen molar-refractivity contribution in [2.75, 3.05) is 0 Å². The second-order valence-electron chi connectivity index (χ2n) is 5.83. The minimum Gasteiger partial charge on any atom is -0.393 e. The largest absolute Gasteiger partial charge is 0.393 e. The third-order valence-electron chi connectivity index (χ3n) is 3.34. The van der Waals surface area contributed by atoms with E-state index < -0.39 is 0 Å². The molecule has 3 heteroatoms. The van der Waals surface area contributed by atoms with E-state index in [0.717, 1.165) is 25.7 Å². The lowest BCUT2D eigenvalue weighted by molar-refractivity contribution is 0.122. The van der Waals surface area contributed by atoms with Crippen LogP contribution in [-0.4, -0.2) is 16.2 Å². The van der Waals surface area contributed by atoms with Gasteiger partial charge in [0, 0.05) is 16.7 Å². The first kappa shape index (κ1) is 12.1. The topological polar surface area (TPSA) is 33.1 Å². The molecule has 0 radical (unpaired) electrons. The Kier molecular flexibility index (Phi) is 3.36. The first-order chi connectivity index (χ1) is 7.47. The molecule has 0 bridgehead atoms. The van der Waals surface area contributed by atoms with E-state index in [2.05, 4.69) is 26.2 Å². The number of aliphatic hydroxyl groups is 1. The van der Waals surface area contributed by atoms with Crippen LogP contribution in [0.2, 0.25) is 0 Å². The molecule has 0 atom stereocenters. The van der Waals surface area contributed by atoms with Gasteiger partial charge in [0.05, 0.1) is 16.8 Å². The standard InChI is InChI=1S/C13H21NOS/c1-13(2,3)11-8-16-12(14-11)9-4-6-10(15)7-5-9/h8-10,15H,4-7H2,1-3H3. The van der Waals surface area contributed by atoms with Gasteiger partial charge in [-0.2, -0.15) is 0 Å². The molecule has 16 heavy (non-hydrogen) atoms. The molecule has 2 rings (SSSR count). The number of hydrogen-bond acceptors (Lipinski definition) is 3. The van der Waals surface area contributed by atoms with Gasteiger partial charge in [-0.25, -0.2) is 4.98 Å². The minimum atomic E-state index is -0.0710. The van der Waals surface area contributed by atoms with Gasteiger partial charge in [-0.3, -0.25) is 0 Å². The number of aromatic nitrogens is 1. The van der Waals surface area contributed by atoms with E-state index in [4.69, 9.17) is 4.98 Å². The van der Waals surface area contributed by atoms with E-state index in [1.165, 1.54) is 10.7 Å². The maximum atomic E-state index is 9.49. The molecule has 0 saturated heterocycles. The van der Waals surface area contributed by atoms with Crippen molar-refractivity contribution < 1.29 is 5.11 Å². The second-order valence-corrected chi connectivity index (χ2v) is 6.72. The summed E-state index contributed by atoms with van der Waals surface area (Å²) in [6.45, 7) is 6.61. The lowest BCUT2D eigenvalue weighted by Crippen LogP contribution is -2.17. The minimum absolute atomic E-state index is 0.0710. The average molecular weight is 239 g/mol. The van der Waals surface area contributed by atoms with Crippen LogP contribution in [0.25, 0.3) is 0 Å². The van der Waals surface area contributed by atoms with Gasteiger partial charge in [0.15, 0.2) is 0 Å². The van der Waals surface area contributed by atoms with Crippen LogP contribution in [-0.2, 0) is 5.41 Å². The van der Waals surface area contributed by atoms with E-state index in [0.29, 0.717) is 5.92 Å². The van der Waals surface area contributed by atoms with Crippen LogP contribution in [0.15, 0.2) is 5.38 Å². The van der Waals surface area contributed by atoms with Gasteiger partial charge in [0.1, 0.15) is 0 Å². The maximum absolute atomic E-state index is 9.49. The predicted octanol–water partition coefficient (Wildman–Crippen LogP) is 3.46. The van der Waals surface area contributed by atoms with Crippen LogP contribution in [0.1, 0.15) is 63.1 Å². The molecule has 0 aromatic carbocycles. The van der Waals surface area contributed by atoms with Crippen molar-refractivity contribution >= 4 is 11.3 Å². The van der Waals surface area contributed by atoms with Crippen LogP contribution in [0, 0.1) is 0 Å². The summed E-state index contributed by atoms with van der Waals surface area (Å²) in [6, 6.07) is 0. The van der Waals surface area contributed by atoms with Crippen molar-refractivity contribution in [2.24, 2.45) is 0 Å². The fourth-order valence-corrected chi connectivity index (χ4v) is 3.36. The molecule has 1 N–H and O–H groups in total. The van der Waals surface area contributed by atoms with Gasteiger partial charge >= 0.3 is 0 Å². The Labute approximate surface area is 102 Å². The van der Waals surface area contributed by atoms with Crippen molar-refractivity contribution in [1.82, 2.24) is 4.98 Å². The van der Waals surface area contributed by atoms with Gasteiger partial charge in [-0.1, -0.05) is 20.8 Å². The van der Waals surface area contributed by atoms with E-state index in [-0.39, 0.29) is 11.5 Å². The zero-order chi connectivity index (χ0) is 11.8. The molecule has 90 valence electrons. The molecular weight excluding hydrogens is 218 g/mol. The van der Waals surface area contributed by atoms with Crippen LogP contribution >= 0.6 is 11.3 Å². The smallest absolute Gasteiger partial charge is 0.0959 e. The Morgan fingerprint density at radius 2 is 1.88 bits per heavy atom. The van der Waals surface area contributed by atoms with Gasteiger partial charge in [-0.05, 0) is 25.7 Å². The quantitative estimate of drug-likeness (QED) is 0.814. The highest BCUT2D eigenvalue weighted by Gasteiger charge is 2.25. The summed E-state index contributed by atoms with van der Waals surface area (Å²) in [7, 11) is 0. The number of nitrogens with zero attached hydrogens (tertiary/aromatic N) is 1. The van der Waals surface area contributed by atoms with Crippen molar-refractivity contribution in [3.63, 3.8) is 0 Å². The molecule has 1 aromatic rings. The molecule has 0 spiro atoms. The molecule has 0 unspecified atom stereocenters. The maximum Gasteiger partial charge on any atom is 0.0959 e. The van der Waals surface area contributed by atoms with E-state index in [1.54, 1.807) is 11.3 Å². The zero-order valence-electron chi connectivity index (χ0n) is 10.4. The van der Waals surface area contributed by atoms with Crippen molar-refractivity contribution in [3.05, 3.63) is 16.1 Å². The summed E-state index contributed by atoms with van der Waals surface area (Å²) < 4.78 is 0. The van der Waals surface area contributed by atoms with E-state index >= 15 is 0 Å². The number of rotatable bonds is 1. The lowest BCUT2D eigenvalue weighted by atomic mass is 9.87. The summed E-state index contributed by atoms with van der Waals surface area (Å²) in [4.78, 5) is 4.77. The molecule has 1 fully saturated rings. The highest BCUT2D eigenvalue weighted by atomic mass is 32.1. The monoisotopic (exact) mass is 239 g/mol. The Balaban J connectivity index is 2.08. The Morgan fingerprint density at radius 1 is 1.25 bits per heavy atom. The Morgan fingerprint density at radius 3 is 2.38 bits per heavy atom. The molecule has 1 saturated carbocycles. The van der Waals surface area contributed by atoms with Gasteiger partial charge < -0.3 is 5.11 Å². The lowest BCUT2D eigenvalue weighted by Gasteiger charge is -2.23. The summed E-state index contributed by atoms with van der Waals surface area (Å²) in [6.07, 6.45) is 4.00. The molecule has 0 amide bonds.